The van der Waals surface area contributed by atoms with Crippen molar-refractivity contribution in [1.29, 1.82) is 0 Å². The van der Waals surface area contributed by atoms with Gasteiger partial charge in [-0.05, 0) is 36.4 Å². The highest BCUT2D eigenvalue weighted by molar-refractivity contribution is 6.31. The fraction of sp³-hybridized carbons (Fsp3) is 0. The van der Waals surface area contributed by atoms with Gasteiger partial charge in [-0.2, -0.15) is 0 Å². The summed E-state index contributed by atoms with van der Waals surface area (Å²) in [6.45, 7) is 0. The maximum Gasteiger partial charge on any atom is 0.135 e. The topological polar surface area (TPSA) is 15.8 Å². The molecule has 1 N–H and O–H groups in total. The van der Waals surface area contributed by atoms with Gasteiger partial charge >= 0.3 is 0 Å². The molecule has 1 nitrogen and oxygen atoms in total. The number of rotatable bonds is 1. The normalized spacial score (nSPS) is 11.1. The average Bonchev–Trinajstić information content (AvgIpc) is 2.71. The molecule has 0 bridgehead atoms. The Morgan fingerprint density at radius 2 is 1.78 bits per heavy atom. The van der Waals surface area contributed by atoms with Gasteiger partial charge in [0.1, 0.15) is 11.6 Å². The SMILES string of the molecule is Fc1ccc(-c2cc3cc(Cl)ccc3[nH]2)c(F)c1. The van der Waals surface area contributed by atoms with Gasteiger partial charge < -0.3 is 4.98 Å². The minimum atomic E-state index is -0.590. The third-order valence-corrected chi connectivity index (χ3v) is 3.04. The summed E-state index contributed by atoms with van der Waals surface area (Å²) in [7, 11) is 0. The van der Waals surface area contributed by atoms with E-state index in [-0.39, 0.29) is 0 Å². The second kappa shape index (κ2) is 4.10. The lowest BCUT2D eigenvalue weighted by Gasteiger charge is -1.99. The first-order valence-corrected chi connectivity index (χ1v) is 5.75. The molecule has 1 aromatic heterocycles. The molecule has 0 atom stereocenters. The Bertz CT molecular complexity index is 734. The second-order valence-corrected chi connectivity index (χ2v) is 4.48. The lowest BCUT2D eigenvalue weighted by Crippen LogP contribution is -1.85. The smallest absolute Gasteiger partial charge is 0.135 e. The van der Waals surface area contributed by atoms with Gasteiger partial charge in [0.2, 0.25) is 0 Å². The summed E-state index contributed by atoms with van der Waals surface area (Å²) in [6, 6.07) is 10.7. The van der Waals surface area contributed by atoms with Crippen molar-refractivity contribution < 1.29 is 8.78 Å². The minimum absolute atomic E-state index is 0.337. The standard InChI is InChI=1S/C14H8ClF2N/c15-9-1-4-13-8(5-9)6-14(18-13)11-3-2-10(16)7-12(11)17/h1-7,18H. The number of benzene rings is 2. The third kappa shape index (κ3) is 1.87. The molecular weight excluding hydrogens is 256 g/mol. The van der Waals surface area contributed by atoms with Gasteiger partial charge in [-0.15, -0.1) is 0 Å². The second-order valence-electron chi connectivity index (χ2n) is 4.04. The summed E-state index contributed by atoms with van der Waals surface area (Å²) < 4.78 is 26.5. The predicted molar refractivity (Wildman–Crippen MR) is 68.7 cm³/mol. The van der Waals surface area contributed by atoms with Crippen molar-refractivity contribution in [3.63, 3.8) is 0 Å². The first kappa shape index (κ1) is 11.2. The van der Waals surface area contributed by atoms with Gasteiger partial charge in [-0.25, -0.2) is 8.78 Å². The van der Waals surface area contributed by atoms with Crippen molar-refractivity contribution >= 4 is 22.5 Å². The van der Waals surface area contributed by atoms with E-state index in [4.69, 9.17) is 11.6 Å². The van der Waals surface area contributed by atoms with Crippen LogP contribution in [0.2, 0.25) is 5.02 Å². The molecule has 2 aromatic carbocycles. The number of halogens is 3. The van der Waals surface area contributed by atoms with E-state index in [2.05, 4.69) is 4.98 Å². The van der Waals surface area contributed by atoms with Gasteiger partial charge in [-0.3, -0.25) is 0 Å². The van der Waals surface area contributed by atoms with E-state index >= 15 is 0 Å². The van der Waals surface area contributed by atoms with Crippen LogP contribution in [0.25, 0.3) is 22.2 Å². The Hall–Kier alpha value is -1.87. The van der Waals surface area contributed by atoms with Gasteiger partial charge in [0.05, 0.1) is 0 Å². The van der Waals surface area contributed by atoms with E-state index < -0.39 is 11.6 Å². The maximum atomic E-state index is 13.7. The lowest BCUT2D eigenvalue weighted by atomic mass is 10.1. The van der Waals surface area contributed by atoms with Crippen LogP contribution in [-0.4, -0.2) is 4.98 Å². The molecule has 0 unspecified atom stereocenters. The molecule has 4 heteroatoms. The van der Waals surface area contributed by atoms with Crippen molar-refractivity contribution in [2.24, 2.45) is 0 Å². The van der Waals surface area contributed by atoms with Crippen LogP contribution in [0.4, 0.5) is 8.78 Å². The highest BCUT2D eigenvalue weighted by Gasteiger charge is 2.09. The quantitative estimate of drug-likeness (QED) is 0.651. The van der Waals surface area contributed by atoms with Crippen LogP contribution in [-0.2, 0) is 0 Å². The maximum absolute atomic E-state index is 13.7. The number of H-pyrrole nitrogens is 1. The van der Waals surface area contributed by atoms with Gasteiger partial charge in [0, 0.05) is 33.2 Å². The fourth-order valence-electron chi connectivity index (χ4n) is 1.96. The largest absolute Gasteiger partial charge is 0.354 e. The number of hydrogen-bond donors (Lipinski definition) is 1. The summed E-state index contributed by atoms with van der Waals surface area (Å²) in [5, 5.41) is 1.51. The van der Waals surface area contributed by atoms with Crippen molar-refractivity contribution in [2.45, 2.75) is 0 Å². The van der Waals surface area contributed by atoms with Crippen LogP contribution in [0.5, 0.6) is 0 Å². The Balaban J connectivity index is 2.19. The van der Waals surface area contributed by atoms with Gasteiger partial charge in [0.15, 0.2) is 0 Å². The zero-order valence-corrected chi connectivity index (χ0v) is 9.93. The molecule has 3 aromatic rings. The Kier molecular flexibility index (Phi) is 2.56. The summed E-state index contributed by atoms with van der Waals surface area (Å²) >= 11 is 5.89. The predicted octanol–water partition coefficient (Wildman–Crippen LogP) is 4.77. The van der Waals surface area contributed by atoms with Crippen molar-refractivity contribution in [1.82, 2.24) is 4.98 Å². The van der Waals surface area contributed by atoms with E-state index in [1.54, 1.807) is 18.2 Å². The molecule has 3 rings (SSSR count). The monoisotopic (exact) mass is 263 g/mol. The number of hydrogen-bond acceptors (Lipinski definition) is 0. The molecule has 0 radical (unpaired) electrons. The molecule has 90 valence electrons. The summed E-state index contributed by atoms with van der Waals surface area (Å²) in [6.07, 6.45) is 0. The van der Waals surface area contributed by atoms with Crippen molar-refractivity contribution in [3.05, 3.63) is 59.1 Å². The molecule has 0 saturated carbocycles. The Morgan fingerprint density at radius 3 is 2.56 bits per heavy atom. The molecule has 18 heavy (non-hydrogen) atoms. The number of aromatic amines is 1. The Labute approximate surface area is 107 Å². The summed E-state index contributed by atoms with van der Waals surface area (Å²) in [5.74, 6) is -1.18. The summed E-state index contributed by atoms with van der Waals surface area (Å²) in [4.78, 5) is 3.08. The molecular formula is C14H8ClF2N. The van der Waals surface area contributed by atoms with E-state index in [1.165, 1.54) is 12.1 Å². The molecule has 1 heterocycles. The molecule has 0 spiro atoms. The zero-order valence-electron chi connectivity index (χ0n) is 9.18. The van der Waals surface area contributed by atoms with Crippen LogP contribution in [0.3, 0.4) is 0 Å². The molecule has 0 aliphatic rings. The highest BCUT2D eigenvalue weighted by Crippen LogP contribution is 2.28. The van der Waals surface area contributed by atoms with E-state index in [0.29, 0.717) is 16.3 Å². The van der Waals surface area contributed by atoms with E-state index in [1.807, 2.05) is 6.07 Å². The summed E-state index contributed by atoms with van der Waals surface area (Å²) in [5.41, 5.74) is 1.80. The number of nitrogens with one attached hydrogen (secondary N) is 1. The molecule has 0 saturated heterocycles. The van der Waals surface area contributed by atoms with Crippen LogP contribution in [0.15, 0.2) is 42.5 Å². The zero-order chi connectivity index (χ0) is 12.7. The van der Waals surface area contributed by atoms with Crippen LogP contribution < -0.4 is 0 Å². The van der Waals surface area contributed by atoms with Crippen LogP contribution in [0.1, 0.15) is 0 Å². The molecule has 0 amide bonds. The Morgan fingerprint density at radius 1 is 0.944 bits per heavy atom. The van der Waals surface area contributed by atoms with Gasteiger partial charge in [-0.1, -0.05) is 11.6 Å². The van der Waals surface area contributed by atoms with Crippen molar-refractivity contribution in [2.75, 3.05) is 0 Å². The lowest BCUT2D eigenvalue weighted by molar-refractivity contribution is 0.585. The minimum Gasteiger partial charge on any atom is -0.354 e. The van der Waals surface area contributed by atoms with Gasteiger partial charge in [0.25, 0.3) is 0 Å². The first-order valence-electron chi connectivity index (χ1n) is 5.37. The fourth-order valence-corrected chi connectivity index (χ4v) is 2.14. The first-order chi connectivity index (χ1) is 8.63. The molecule has 0 fully saturated rings. The van der Waals surface area contributed by atoms with Crippen LogP contribution >= 0.6 is 11.6 Å². The number of aromatic nitrogens is 1. The average molecular weight is 264 g/mol. The third-order valence-electron chi connectivity index (χ3n) is 2.80. The van der Waals surface area contributed by atoms with E-state index in [0.717, 1.165) is 17.0 Å². The van der Waals surface area contributed by atoms with E-state index in [9.17, 15) is 8.78 Å². The number of fused-ring (bicyclic) bond motifs is 1. The molecule has 0 aliphatic heterocycles. The van der Waals surface area contributed by atoms with Crippen LogP contribution in [0, 0.1) is 11.6 Å². The highest BCUT2D eigenvalue weighted by atomic mass is 35.5. The molecule has 0 aliphatic carbocycles. The van der Waals surface area contributed by atoms with Crippen molar-refractivity contribution in [3.8, 4) is 11.3 Å².